The van der Waals surface area contributed by atoms with Crippen LogP contribution in [0.1, 0.15) is 13.3 Å². The molecule has 1 atom stereocenters. The Morgan fingerprint density at radius 2 is 2.12 bits per heavy atom. The summed E-state index contributed by atoms with van der Waals surface area (Å²) in [6.07, 6.45) is 5.26. The summed E-state index contributed by atoms with van der Waals surface area (Å²) < 4.78 is 4.17. The number of rotatable bonds is 3. The Kier molecular flexibility index (Phi) is 6.59. The van der Waals surface area contributed by atoms with E-state index in [9.17, 15) is 9.59 Å². The minimum absolute atomic E-state index is 0.0259. The Balaban J connectivity index is 0.000000325. The standard InChI is InChI=1S/C8H11NO.C4H6O2/c1-3-7-5-6-9(4-2)8(7)10;1-3-6-4(2)5/h3-4,7H,1-2,5-6H2;3H,1H2,2H3. The number of nitrogens with zero attached hydrogens (tertiary/aromatic N) is 1. The average Bonchev–Trinajstić information content (AvgIpc) is 2.59. The molecule has 0 bridgehead atoms. The number of esters is 1. The van der Waals surface area contributed by atoms with Gasteiger partial charge in [-0.1, -0.05) is 19.2 Å². The second kappa shape index (κ2) is 7.45. The van der Waals surface area contributed by atoms with Gasteiger partial charge in [-0.05, 0) is 12.6 Å². The van der Waals surface area contributed by atoms with Crippen LogP contribution in [0.3, 0.4) is 0 Å². The van der Waals surface area contributed by atoms with E-state index in [4.69, 9.17) is 0 Å². The van der Waals surface area contributed by atoms with E-state index >= 15 is 0 Å². The first-order valence-corrected chi connectivity index (χ1v) is 4.90. The maximum Gasteiger partial charge on any atom is 0.307 e. The van der Waals surface area contributed by atoms with Gasteiger partial charge in [0.15, 0.2) is 0 Å². The summed E-state index contributed by atoms with van der Waals surface area (Å²) in [4.78, 5) is 22.5. The third kappa shape index (κ3) is 4.59. The summed E-state index contributed by atoms with van der Waals surface area (Å²) in [6.45, 7) is 12.4. The van der Waals surface area contributed by atoms with Crippen molar-refractivity contribution in [2.45, 2.75) is 13.3 Å². The minimum atomic E-state index is -0.329. The molecule has 0 aliphatic carbocycles. The van der Waals surface area contributed by atoms with Crippen molar-refractivity contribution in [3.8, 4) is 0 Å². The lowest BCUT2D eigenvalue weighted by Crippen LogP contribution is -2.20. The van der Waals surface area contributed by atoms with Crippen molar-refractivity contribution in [3.63, 3.8) is 0 Å². The molecule has 0 aromatic heterocycles. The van der Waals surface area contributed by atoms with Gasteiger partial charge in [-0.3, -0.25) is 9.59 Å². The van der Waals surface area contributed by atoms with Crippen LogP contribution in [-0.2, 0) is 14.3 Å². The van der Waals surface area contributed by atoms with Crippen molar-refractivity contribution in [1.29, 1.82) is 0 Å². The molecule has 1 amide bonds. The summed E-state index contributed by atoms with van der Waals surface area (Å²) in [5, 5.41) is 0. The average molecular weight is 223 g/mol. The van der Waals surface area contributed by atoms with Gasteiger partial charge >= 0.3 is 5.97 Å². The van der Waals surface area contributed by atoms with Gasteiger partial charge in [0.1, 0.15) is 0 Å². The first-order valence-electron chi connectivity index (χ1n) is 4.90. The fourth-order valence-corrected chi connectivity index (χ4v) is 1.24. The van der Waals surface area contributed by atoms with Crippen LogP contribution in [0.5, 0.6) is 0 Å². The lowest BCUT2D eigenvalue weighted by Gasteiger charge is -2.07. The Bertz CT molecular complexity index is 279. The monoisotopic (exact) mass is 223 g/mol. The molecule has 1 fully saturated rings. The van der Waals surface area contributed by atoms with Gasteiger partial charge in [0.05, 0.1) is 12.2 Å². The van der Waals surface area contributed by atoms with Crippen molar-refractivity contribution in [1.82, 2.24) is 4.90 Å². The molecule has 0 aromatic carbocycles. The lowest BCUT2D eigenvalue weighted by molar-refractivity contribution is -0.135. The van der Waals surface area contributed by atoms with Crippen molar-refractivity contribution in [2.24, 2.45) is 5.92 Å². The molecule has 4 nitrogen and oxygen atoms in total. The molecule has 0 radical (unpaired) electrons. The van der Waals surface area contributed by atoms with E-state index in [1.54, 1.807) is 17.2 Å². The molecule has 1 heterocycles. The zero-order valence-electron chi connectivity index (χ0n) is 9.52. The fraction of sp³-hybridized carbons (Fsp3) is 0.333. The van der Waals surface area contributed by atoms with E-state index in [1.165, 1.54) is 6.92 Å². The second-order valence-electron chi connectivity index (χ2n) is 3.12. The summed E-state index contributed by atoms with van der Waals surface area (Å²) in [6, 6.07) is 0. The normalized spacial score (nSPS) is 18.2. The minimum Gasteiger partial charge on any atom is -0.435 e. The number of ether oxygens (including phenoxy) is 1. The molecule has 1 saturated heterocycles. The van der Waals surface area contributed by atoms with E-state index in [-0.39, 0.29) is 17.8 Å². The highest BCUT2D eigenvalue weighted by Gasteiger charge is 2.26. The lowest BCUT2D eigenvalue weighted by atomic mass is 10.1. The molecule has 0 spiro atoms. The zero-order valence-corrected chi connectivity index (χ0v) is 9.52. The molecule has 88 valence electrons. The Labute approximate surface area is 95.9 Å². The third-order valence-electron chi connectivity index (χ3n) is 2.04. The quantitative estimate of drug-likeness (QED) is 0.417. The van der Waals surface area contributed by atoms with Crippen LogP contribution in [0.15, 0.2) is 38.3 Å². The largest absolute Gasteiger partial charge is 0.435 e. The second-order valence-corrected chi connectivity index (χ2v) is 3.12. The smallest absolute Gasteiger partial charge is 0.307 e. The van der Waals surface area contributed by atoms with Crippen LogP contribution < -0.4 is 0 Å². The SMILES string of the molecule is C=CC1CCN(C=C)C1=O.C=COC(C)=O. The molecule has 1 rings (SSSR count). The van der Waals surface area contributed by atoms with Gasteiger partial charge in [-0.2, -0.15) is 0 Å². The van der Waals surface area contributed by atoms with E-state index < -0.39 is 0 Å². The number of carbonyl (C=O) groups excluding carboxylic acids is 2. The summed E-state index contributed by atoms with van der Waals surface area (Å²) in [7, 11) is 0. The summed E-state index contributed by atoms with van der Waals surface area (Å²) in [5.74, 6) is -0.173. The van der Waals surface area contributed by atoms with Crippen LogP contribution in [0, 0.1) is 5.92 Å². The Morgan fingerprint density at radius 3 is 2.31 bits per heavy atom. The molecule has 4 heteroatoms. The zero-order chi connectivity index (χ0) is 12.6. The van der Waals surface area contributed by atoms with Crippen molar-refractivity contribution >= 4 is 11.9 Å². The highest BCUT2D eigenvalue weighted by Crippen LogP contribution is 2.18. The molecule has 16 heavy (non-hydrogen) atoms. The van der Waals surface area contributed by atoms with Crippen LogP contribution in [0.2, 0.25) is 0 Å². The van der Waals surface area contributed by atoms with Crippen LogP contribution in [0.25, 0.3) is 0 Å². The fourth-order valence-electron chi connectivity index (χ4n) is 1.24. The number of hydrogen-bond donors (Lipinski definition) is 0. The van der Waals surface area contributed by atoms with Crippen LogP contribution in [0.4, 0.5) is 0 Å². The van der Waals surface area contributed by atoms with E-state index in [1.807, 2.05) is 0 Å². The van der Waals surface area contributed by atoms with Crippen molar-refractivity contribution in [3.05, 3.63) is 38.3 Å². The van der Waals surface area contributed by atoms with E-state index in [2.05, 4.69) is 24.5 Å². The van der Waals surface area contributed by atoms with Crippen LogP contribution in [-0.4, -0.2) is 23.3 Å². The Hall–Kier alpha value is -1.84. The van der Waals surface area contributed by atoms with Crippen LogP contribution >= 0.6 is 0 Å². The molecule has 0 N–H and O–H groups in total. The first kappa shape index (κ1) is 14.2. The topological polar surface area (TPSA) is 46.6 Å². The maximum atomic E-state index is 11.2. The number of likely N-dealkylation sites (tertiary alicyclic amines) is 1. The Morgan fingerprint density at radius 1 is 1.50 bits per heavy atom. The number of amides is 1. The van der Waals surface area contributed by atoms with Gasteiger partial charge in [0.2, 0.25) is 5.91 Å². The molecule has 0 saturated carbocycles. The predicted octanol–water partition coefficient (Wildman–Crippen LogP) is 1.86. The van der Waals surface area contributed by atoms with Gasteiger partial charge in [-0.25, -0.2) is 0 Å². The van der Waals surface area contributed by atoms with E-state index in [0.29, 0.717) is 0 Å². The molecule has 1 unspecified atom stereocenters. The van der Waals surface area contributed by atoms with Crippen molar-refractivity contribution in [2.75, 3.05) is 6.54 Å². The molecule has 1 aliphatic rings. The number of hydrogen-bond acceptors (Lipinski definition) is 3. The van der Waals surface area contributed by atoms with Gasteiger partial charge < -0.3 is 9.64 Å². The predicted molar refractivity (Wildman–Crippen MR) is 62.2 cm³/mol. The molecular weight excluding hydrogens is 206 g/mol. The number of carbonyl (C=O) groups is 2. The first-order chi connectivity index (χ1) is 7.56. The highest BCUT2D eigenvalue weighted by atomic mass is 16.5. The maximum absolute atomic E-state index is 11.2. The van der Waals surface area contributed by atoms with Gasteiger partial charge in [-0.15, -0.1) is 6.58 Å². The van der Waals surface area contributed by atoms with E-state index in [0.717, 1.165) is 19.2 Å². The van der Waals surface area contributed by atoms with Gasteiger partial charge in [0, 0.05) is 13.5 Å². The summed E-state index contributed by atoms with van der Waals surface area (Å²) in [5.41, 5.74) is 0. The van der Waals surface area contributed by atoms with Gasteiger partial charge in [0.25, 0.3) is 0 Å². The third-order valence-corrected chi connectivity index (χ3v) is 2.04. The van der Waals surface area contributed by atoms with Crippen molar-refractivity contribution < 1.29 is 14.3 Å². The highest BCUT2D eigenvalue weighted by molar-refractivity contribution is 5.83. The molecule has 0 aromatic rings. The molecule has 1 aliphatic heterocycles. The molecular formula is C12H17NO3. The summed E-state index contributed by atoms with van der Waals surface area (Å²) >= 11 is 0.